The predicted molar refractivity (Wildman–Crippen MR) is 176 cm³/mol. The van der Waals surface area contributed by atoms with Crippen LogP contribution in [0.4, 0.5) is 17.2 Å². The third-order valence-corrected chi connectivity index (χ3v) is 7.39. The molecule has 0 unspecified atom stereocenters. The van der Waals surface area contributed by atoms with Crippen molar-refractivity contribution in [3.05, 3.63) is 138 Å². The van der Waals surface area contributed by atoms with Crippen LogP contribution in [0.15, 0.2) is 121 Å². The molecule has 0 fully saturated rings. The Hall–Kier alpha value is -5.12. The number of terminal acetylenes is 1. The summed E-state index contributed by atoms with van der Waals surface area (Å²) in [6.07, 6.45) is 14.8. The summed E-state index contributed by atoms with van der Waals surface area (Å²) in [7, 11) is 0. The van der Waals surface area contributed by atoms with Crippen molar-refractivity contribution in [1.29, 1.82) is 0 Å². The molecular weight excluding hydrogens is 522 g/mol. The molecule has 0 spiro atoms. The van der Waals surface area contributed by atoms with Gasteiger partial charge in [0.05, 0.1) is 11.9 Å². The van der Waals surface area contributed by atoms with Crippen LogP contribution in [0, 0.1) is 19.8 Å². The lowest BCUT2D eigenvalue weighted by Crippen LogP contribution is -2.07. The quantitative estimate of drug-likeness (QED) is 0.119. The number of hydrogen-bond acceptors (Lipinski definition) is 6. The molecule has 0 radical (unpaired) electrons. The normalized spacial score (nSPS) is 10.2. The van der Waals surface area contributed by atoms with Gasteiger partial charge < -0.3 is 16.4 Å². The number of pyridine rings is 2. The topological polar surface area (TPSA) is 75.9 Å². The number of rotatable bonds is 10. The summed E-state index contributed by atoms with van der Waals surface area (Å²) in [5, 5.41) is 8.89. The average molecular weight is 556 g/mol. The van der Waals surface area contributed by atoms with E-state index in [9.17, 15) is 0 Å². The van der Waals surface area contributed by atoms with Crippen LogP contribution >= 0.6 is 11.3 Å². The highest BCUT2D eigenvalue weighted by Gasteiger charge is 2.11. The predicted octanol–water partition coefficient (Wildman–Crippen LogP) is 8.35. The Morgan fingerprint density at radius 1 is 0.878 bits per heavy atom. The largest absolute Gasteiger partial charge is 0.398 e. The second kappa shape index (κ2) is 13.8. The Morgan fingerprint density at radius 3 is 2.41 bits per heavy atom. The van der Waals surface area contributed by atoms with E-state index in [0.717, 1.165) is 57.3 Å². The highest BCUT2D eigenvalue weighted by molar-refractivity contribution is 7.13. The first-order chi connectivity index (χ1) is 20.0. The molecular formula is C35H33N5S. The molecule has 0 aliphatic carbocycles. The van der Waals surface area contributed by atoms with Gasteiger partial charge in [-0.3, -0.25) is 4.98 Å². The molecule has 3 heterocycles. The molecule has 5 aromatic rings. The lowest BCUT2D eigenvalue weighted by Gasteiger charge is -2.15. The maximum absolute atomic E-state index is 6.37. The maximum atomic E-state index is 6.37. The number of hydrogen-bond donors (Lipinski definition) is 3. The molecule has 0 atom stereocenters. The van der Waals surface area contributed by atoms with Crippen LogP contribution in [0.3, 0.4) is 0 Å². The Morgan fingerprint density at radius 2 is 1.66 bits per heavy atom. The number of benzene rings is 2. The fourth-order valence-corrected chi connectivity index (χ4v) is 5.31. The van der Waals surface area contributed by atoms with Gasteiger partial charge in [0.1, 0.15) is 5.82 Å². The number of anilines is 3. The van der Waals surface area contributed by atoms with Crippen molar-refractivity contribution in [2.75, 3.05) is 16.4 Å². The van der Waals surface area contributed by atoms with E-state index in [4.69, 9.17) is 5.73 Å². The van der Waals surface area contributed by atoms with Gasteiger partial charge in [0.2, 0.25) is 0 Å². The Kier molecular flexibility index (Phi) is 9.71. The summed E-state index contributed by atoms with van der Waals surface area (Å²) < 4.78 is 0. The first kappa shape index (κ1) is 28.9. The molecule has 2 aromatic carbocycles. The molecule has 3 aromatic heterocycles. The van der Waals surface area contributed by atoms with Crippen molar-refractivity contribution in [2.24, 2.45) is 0 Å². The lowest BCUT2D eigenvalue weighted by atomic mass is 10.00. The van der Waals surface area contributed by atoms with Crippen LogP contribution in [-0.4, -0.2) is 9.97 Å². The first-order valence-corrected chi connectivity index (χ1v) is 13.9. The van der Waals surface area contributed by atoms with Gasteiger partial charge in [0.25, 0.3) is 0 Å². The zero-order valence-corrected chi connectivity index (χ0v) is 23.9. The van der Waals surface area contributed by atoms with Crippen molar-refractivity contribution in [3.63, 3.8) is 0 Å². The molecule has 204 valence electrons. The number of nitrogens with zero attached hydrogens (tertiary/aromatic N) is 2. The van der Waals surface area contributed by atoms with Gasteiger partial charge in [-0.25, -0.2) is 4.98 Å². The molecule has 0 aliphatic heterocycles. The minimum Gasteiger partial charge on any atom is -0.398 e. The van der Waals surface area contributed by atoms with Crippen LogP contribution in [0.5, 0.6) is 0 Å². The monoisotopic (exact) mass is 555 g/mol. The van der Waals surface area contributed by atoms with Crippen LogP contribution in [-0.2, 0) is 12.8 Å². The van der Waals surface area contributed by atoms with Crippen molar-refractivity contribution < 1.29 is 0 Å². The summed E-state index contributed by atoms with van der Waals surface area (Å²) in [6, 6.07) is 24.6. The van der Waals surface area contributed by atoms with Gasteiger partial charge in [0.15, 0.2) is 0 Å². The number of thiophene rings is 1. The number of nitrogen functional groups attached to an aromatic ring is 1. The Labute approximate surface area is 246 Å². The van der Waals surface area contributed by atoms with E-state index in [-0.39, 0.29) is 0 Å². The van der Waals surface area contributed by atoms with Crippen LogP contribution < -0.4 is 16.4 Å². The van der Waals surface area contributed by atoms with Crippen molar-refractivity contribution >= 4 is 28.5 Å². The first-order valence-electron chi connectivity index (χ1n) is 13.1. The molecule has 5 rings (SSSR count). The molecule has 4 N–H and O–H groups in total. The smallest absolute Gasteiger partial charge is 0.133 e. The van der Waals surface area contributed by atoms with Crippen LogP contribution in [0.2, 0.25) is 0 Å². The van der Waals surface area contributed by atoms with Gasteiger partial charge in [0, 0.05) is 58.3 Å². The molecule has 5 nitrogen and oxygen atoms in total. The number of nitrogens with two attached hydrogens (primary N) is 1. The van der Waals surface area contributed by atoms with E-state index in [1.165, 1.54) is 16.0 Å². The van der Waals surface area contributed by atoms with Gasteiger partial charge in [-0.2, -0.15) is 0 Å². The minimum absolute atomic E-state index is 0.573. The SMILES string of the molecule is C#C.C=C(Cc1ccccc1)Nc1cncc(-c2ccc(N)c(CC(=C)Nc3nccc(-c4cccs4)c3C)c2)c1. The molecule has 0 saturated heterocycles. The second-order valence-electron chi connectivity index (χ2n) is 9.48. The summed E-state index contributed by atoms with van der Waals surface area (Å²) in [5.74, 6) is 0.805. The number of aromatic nitrogens is 2. The van der Waals surface area contributed by atoms with Crippen molar-refractivity contribution in [1.82, 2.24) is 9.97 Å². The Bertz CT molecular complexity index is 1650. The van der Waals surface area contributed by atoms with E-state index in [1.54, 1.807) is 11.3 Å². The zero-order chi connectivity index (χ0) is 29.2. The highest BCUT2D eigenvalue weighted by atomic mass is 32.1. The molecule has 41 heavy (non-hydrogen) atoms. The summed E-state index contributed by atoms with van der Waals surface area (Å²) in [6.45, 7) is 10.5. The number of nitrogens with one attached hydrogen (secondary N) is 2. The van der Waals surface area contributed by atoms with Gasteiger partial charge in [-0.15, -0.1) is 24.2 Å². The van der Waals surface area contributed by atoms with E-state index in [2.05, 4.69) is 95.3 Å². The van der Waals surface area contributed by atoms with Crippen molar-refractivity contribution in [2.45, 2.75) is 19.8 Å². The molecule has 0 bridgehead atoms. The second-order valence-corrected chi connectivity index (χ2v) is 10.4. The fraction of sp³-hybridized carbons (Fsp3) is 0.0857. The summed E-state index contributed by atoms with van der Waals surface area (Å²) >= 11 is 1.72. The molecule has 0 amide bonds. The van der Waals surface area contributed by atoms with Crippen LogP contribution in [0.1, 0.15) is 16.7 Å². The van der Waals surface area contributed by atoms with Gasteiger partial charge >= 0.3 is 0 Å². The van der Waals surface area contributed by atoms with E-state index in [0.29, 0.717) is 6.42 Å². The minimum atomic E-state index is 0.573. The zero-order valence-electron chi connectivity index (χ0n) is 23.1. The Balaban J connectivity index is 0.00000189. The van der Waals surface area contributed by atoms with Crippen molar-refractivity contribution in [3.8, 4) is 34.4 Å². The lowest BCUT2D eigenvalue weighted by molar-refractivity contribution is 1.13. The van der Waals surface area contributed by atoms with E-state index in [1.807, 2.05) is 55.0 Å². The maximum Gasteiger partial charge on any atom is 0.133 e. The fourth-order valence-electron chi connectivity index (χ4n) is 4.50. The standard InChI is InChI=1S/C33H31N5S.C2H2/c1-22(16-25-8-5-4-6-9-25)37-29-19-28(20-35-21-29)26-11-12-31(34)27(18-26)17-23(2)38-33-24(3)30(13-14-36-33)32-10-7-15-39-32;1-2/h4-15,18-21,37H,1-2,16-17,34H2,3H3,(H,36,38);1-2H. The third-order valence-electron chi connectivity index (χ3n) is 6.49. The van der Waals surface area contributed by atoms with Gasteiger partial charge in [-0.1, -0.05) is 55.6 Å². The van der Waals surface area contributed by atoms with E-state index >= 15 is 0 Å². The van der Waals surface area contributed by atoms with E-state index < -0.39 is 0 Å². The average Bonchev–Trinajstić information content (AvgIpc) is 3.52. The van der Waals surface area contributed by atoms with Crippen LogP contribution in [0.25, 0.3) is 21.6 Å². The summed E-state index contributed by atoms with van der Waals surface area (Å²) in [5.41, 5.74) is 16.2. The molecule has 6 heteroatoms. The number of allylic oxidation sites excluding steroid dienone is 2. The third kappa shape index (κ3) is 7.51. The highest BCUT2D eigenvalue weighted by Crippen LogP contribution is 2.32. The molecule has 0 saturated carbocycles. The van der Waals surface area contributed by atoms with Gasteiger partial charge in [-0.05, 0) is 64.9 Å². The summed E-state index contributed by atoms with van der Waals surface area (Å²) in [4.78, 5) is 10.2. The molecule has 0 aliphatic rings.